The number of hydrogen-bond acceptors (Lipinski definition) is 7. The molecule has 0 saturated heterocycles. The molecule has 8 nitrogen and oxygen atoms in total. The number of rotatable bonds is 10. The fourth-order valence-electron chi connectivity index (χ4n) is 5.31. The zero-order valence-corrected chi connectivity index (χ0v) is 25.7. The van der Waals surface area contributed by atoms with Crippen LogP contribution in [0.1, 0.15) is 55.7 Å². The van der Waals surface area contributed by atoms with Gasteiger partial charge in [0.05, 0.1) is 6.42 Å². The van der Waals surface area contributed by atoms with Crippen molar-refractivity contribution in [3.8, 4) is 16.9 Å². The first-order valence-electron chi connectivity index (χ1n) is 14.4. The van der Waals surface area contributed by atoms with Crippen molar-refractivity contribution in [3.63, 3.8) is 0 Å². The molecule has 0 aromatic heterocycles. The molecule has 1 unspecified atom stereocenters. The third-order valence-electron chi connectivity index (χ3n) is 7.26. The summed E-state index contributed by atoms with van der Waals surface area (Å²) in [4.78, 5) is 25.7. The monoisotopic (exact) mass is 613 g/mol. The van der Waals surface area contributed by atoms with Crippen LogP contribution in [0.25, 0.3) is 11.1 Å². The Bertz CT molecular complexity index is 1680. The summed E-state index contributed by atoms with van der Waals surface area (Å²) in [5.41, 5.74) is 4.52. The topological polar surface area (TPSA) is 108 Å². The molecule has 0 fully saturated rings. The van der Waals surface area contributed by atoms with Crippen molar-refractivity contribution in [2.45, 2.75) is 49.5 Å². The van der Waals surface area contributed by atoms with Crippen molar-refractivity contribution in [1.82, 2.24) is 5.32 Å². The van der Waals surface area contributed by atoms with E-state index in [0.29, 0.717) is 5.56 Å². The Morgan fingerprint density at radius 2 is 1.36 bits per heavy atom. The van der Waals surface area contributed by atoms with Gasteiger partial charge in [0.15, 0.2) is 0 Å². The molecule has 0 heterocycles. The van der Waals surface area contributed by atoms with Crippen LogP contribution in [0.15, 0.2) is 108 Å². The number of benzene rings is 4. The van der Waals surface area contributed by atoms with Crippen molar-refractivity contribution in [1.29, 1.82) is 0 Å². The Balaban J connectivity index is 1.25. The number of esters is 1. The van der Waals surface area contributed by atoms with Gasteiger partial charge in [-0.25, -0.2) is 4.79 Å². The molecule has 9 heteroatoms. The van der Waals surface area contributed by atoms with Gasteiger partial charge in [-0.15, -0.1) is 0 Å². The normalized spacial score (nSPS) is 13.3. The third kappa shape index (κ3) is 7.47. The van der Waals surface area contributed by atoms with Gasteiger partial charge in [0.1, 0.15) is 22.9 Å². The van der Waals surface area contributed by atoms with Crippen LogP contribution in [0.2, 0.25) is 0 Å². The Kier molecular flexibility index (Phi) is 9.06. The largest absolute Gasteiger partial charge is 0.460 e. The number of carbonyl (C=O) groups excluding carboxylic acids is 2. The number of fused-ring (bicyclic) bond motifs is 3. The molecule has 1 aliphatic rings. The summed E-state index contributed by atoms with van der Waals surface area (Å²) in [6.45, 7) is 5.62. The van der Waals surface area contributed by atoms with Crippen molar-refractivity contribution in [2.24, 2.45) is 0 Å². The Hall–Kier alpha value is -4.63. The molecule has 0 radical (unpaired) electrons. The van der Waals surface area contributed by atoms with Crippen molar-refractivity contribution >= 4 is 22.2 Å². The highest BCUT2D eigenvalue weighted by Gasteiger charge is 2.29. The van der Waals surface area contributed by atoms with Gasteiger partial charge in [0.25, 0.3) is 0 Å². The summed E-state index contributed by atoms with van der Waals surface area (Å²) in [5, 5.41) is 2.80. The SMILES string of the molecule is CC(C)(C)OC(=O)CC(CNC(=O)OCC1c2ccccc2-c2ccccc21)c1ccc(OS(=O)(=O)c2ccccc2)cc1. The number of carbonyl (C=O) groups is 2. The van der Waals surface area contributed by atoms with Crippen molar-refractivity contribution < 1.29 is 31.7 Å². The molecule has 1 N–H and O–H groups in total. The standard InChI is InChI=1S/C35H35NO7S/c1-35(2,3)42-33(37)21-25(24-17-19-26(20-18-24)43-44(39,40)27-11-5-4-6-12-27)22-36-34(38)41-23-32-30-15-9-7-13-28(30)29-14-8-10-16-31(29)32/h4-20,25,32H,21-23H2,1-3H3,(H,36,38). The van der Waals surface area contributed by atoms with Crippen LogP contribution in [0.4, 0.5) is 4.79 Å². The fraction of sp³-hybridized carbons (Fsp3) is 0.257. The van der Waals surface area contributed by atoms with Crippen LogP contribution < -0.4 is 9.50 Å². The Labute approximate surface area is 258 Å². The first-order chi connectivity index (χ1) is 21.0. The predicted octanol–water partition coefficient (Wildman–Crippen LogP) is 6.81. The maximum absolute atomic E-state index is 12.9. The molecule has 1 atom stereocenters. The molecule has 0 bridgehead atoms. The number of nitrogens with one attached hydrogen (secondary N) is 1. The summed E-state index contributed by atoms with van der Waals surface area (Å²) < 4.78 is 41.7. The van der Waals surface area contributed by atoms with Gasteiger partial charge in [0.2, 0.25) is 0 Å². The quantitative estimate of drug-likeness (QED) is 0.155. The highest BCUT2D eigenvalue weighted by Crippen LogP contribution is 2.44. The summed E-state index contributed by atoms with van der Waals surface area (Å²) >= 11 is 0. The van der Waals surface area contributed by atoms with E-state index in [4.69, 9.17) is 13.7 Å². The lowest BCUT2D eigenvalue weighted by Gasteiger charge is -2.23. The number of amides is 1. The van der Waals surface area contributed by atoms with Crippen molar-refractivity contribution in [2.75, 3.05) is 13.2 Å². The summed E-state index contributed by atoms with van der Waals surface area (Å²) in [6.07, 6.45) is -0.612. The average molecular weight is 614 g/mol. The van der Waals surface area contributed by atoms with Crippen LogP contribution in [0, 0.1) is 0 Å². The molecule has 0 saturated carbocycles. The fourth-order valence-corrected chi connectivity index (χ4v) is 6.26. The van der Waals surface area contributed by atoms with Crippen LogP contribution in [0.5, 0.6) is 5.75 Å². The summed E-state index contributed by atoms with van der Waals surface area (Å²) in [5.74, 6) is -0.850. The maximum Gasteiger partial charge on any atom is 0.407 e. The molecular formula is C35H35NO7S. The minimum Gasteiger partial charge on any atom is -0.460 e. The van der Waals surface area contributed by atoms with E-state index < -0.39 is 33.7 Å². The molecule has 5 rings (SSSR count). The molecule has 44 heavy (non-hydrogen) atoms. The van der Waals surface area contributed by atoms with E-state index in [1.165, 1.54) is 24.3 Å². The van der Waals surface area contributed by atoms with E-state index >= 15 is 0 Å². The second-order valence-corrected chi connectivity index (χ2v) is 13.2. The first-order valence-corrected chi connectivity index (χ1v) is 15.8. The van der Waals surface area contributed by atoms with E-state index in [1.54, 1.807) is 51.1 Å². The molecule has 0 aliphatic heterocycles. The van der Waals surface area contributed by atoms with E-state index in [9.17, 15) is 18.0 Å². The lowest BCUT2D eigenvalue weighted by molar-refractivity contribution is -0.155. The van der Waals surface area contributed by atoms with Crippen LogP contribution in [-0.2, 0) is 24.4 Å². The van der Waals surface area contributed by atoms with Crippen molar-refractivity contribution in [3.05, 3.63) is 120 Å². The summed E-state index contributed by atoms with van der Waals surface area (Å²) in [6, 6.07) is 30.4. The lowest BCUT2D eigenvalue weighted by atomic mass is 9.95. The van der Waals surface area contributed by atoms with Gasteiger partial charge < -0.3 is 19.0 Å². The van der Waals surface area contributed by atoms with Gasteiger partial charge in [-0.1, -0.05) is 78.9 Å². The molecule has 1 aliphatic carbocycles. The molecular weight excluding hydrogens is 578 g/mol. The van der Waals surface area contributed by atoms with Gasteiger partial charge in [0, 0.05) is 18.4 Å². The molecule has 228 valence electrons. The van der Waals surface area contributed by atoms with Crippen LogP contribution in [-0.4, -0.2) is 39.2 Å². The van der Waals surface area contributed by atoms with Gasteiger partial charge in [-0.05, 0) is 72.9 Å². The maximum atomic E-state index is 12.9. The highest BCUT2D eigenvalue weighted by atomic mass is 32.2. The predicted molar refractivity (Wildman–Crippen MR) is 167 cm³/mol. The van der Waals surface area contributed by atoms with Crippen LogP contribution >= 0.6 is 0 Å². The molecule has 4 aromatic carbocycles. The number of alkyl carbamates (subject to hydrolysis) is 1. The Morgan fingerprint density at radius 3 is 1.95 bits per heavy atom. The molecule has 1 amide bonds. The van der Waals surface area contributed by atoms with E-state index in [-0.39, 0.29) is 36.1 Å². The minimum atomic E-state index is -4.01. The Morgan fingerprint density at radius 1 is 0.795 bits per heavy atom. The van der Waals surface area contributed by atoms with E-state index in [0.717, 1.165) is 22.3 Å². The van der Waals surface area contributed by atoms with E-state index in [1.807, 2.05) is 24.3 Å². The van der Waals surface area contributed by atoms with Gasteiger partial charge >= 0.3 is 22.2 Å². The lowest BCUT2D eigenvalue weighted by Crippen LogP contribution is -2.32. The molecule has 4 aromatic rings. The van der Waals surface area contributed by atoms with Gasteiger partial charge in [-0.2, -0.15) is 8.42 Å². The minimum absolute atomic E-state index is 0.0105. The average Bonchev–Trinajstić information content (AvgIpc) is 3.31. The van der Waals surface area contributed by atoms with Gasteiger partial charge in [-0.3, -0.25) is 4.79 Å². The molecule has 0 spiro atoms. The first kappa shape index (κ1) is 30.8. The summed E-state index contributed by atoms with van der Waals surface area (Å²) in [7, 11) is -4.01. The van der Waals surface area contributed by atoms with Crippen LogP contribution in [0.3, 0.4) is 0 Å². The zero-order valence-electron chi connectivity index (χ0n) is 24.9. The number of hydrogen-bond donors (Lipinski definition) is 1. The number of ether oxygens (including phenoxy) is 2. The third-order valence-corrected chi connectivity index (χ3v) is 8.52. The zero-order chi connectivity index (χ0) is 31.3. The highest BCUT2D eigenvalue weighted by molar-refractivity contribution is 7.87. The second-order valence-electron chi connectivity index (χ2n) is 11.6. The van der Waals surface area contributed by atoms with E-state index in [2.05, 4.69) is 29.6 Å². The smallest absolute Gasteiger partial charge is 0.407 e. The second kappa shape index (κ2) is 12.9.